The molecule has 0 bridgehead atoms. The van der Waals surface area contributed by atoms with Gasteiger partial charge in [-0.2, -0.15) is 0 Å². The summed E-state index contributed by atoms with van der Waals surface area (Å²) >= 11 is 3.40. The molecule has 1 saturated carbocycles. The Morgan fingerprint density at radius 3 is 2.68 bits per heavy atom. The van der Waals surface area contributed by atoms with Gasteiger partial charge < -0.3 is 15.4 Å². The van der Waals surface area contributed by atoms with E-state index in [1.165, 1.54) is 0 Å². The summed E-state index contributed by atoms with van der Waals surface area (Å²) < 4.78 is 6.48. The monoisotopic (exact) mass is 402 g/mol. The van der Waals surface area contributed by atoms with E-state index in [4.69, 9.17) is 4.74 Å². The maximum atomic E-state index is 11.9. The summed E-state index contributed by atoms with van der Waals surface area (Å²) in [5.74, 6) is 0.538. The summed E-state index contributed by atoms with van der Waals surface area (Å²) in [7, 11) is 0. The lowest BCUT2D eigenvalue weighted by molar-refractivity contribution is -0.123. The molecule has 2 N–H and O–H groups in total. The Morgan fingerprint density at radius 2 is 1.92 bits per heavy atom. The van der Waals surface area contributed by atoms with Crippen LogP contribution in [-0.2, 0) is 16.1 Å². The second-order valence-electron chi connectivity index (χ2n) is 5.99. The fourth-order valence-corrected chi connectivity index (χ4v) is 2.75. The molecule has 0 radical (unpaired) electrons. The van der Waals surface area contributed by atoms with Gasteiger partial charge in [-0.1, -0.05) is 34.1 Å². The van der Waals surface area contributed by atoms with E-state index in [9.17, 15) is 9.59 Å². The van der Waals surface area contributed by atoms with Gasteiger partial charge in [0.2, 0.25) is 5.91 Å². The van der Waals surface area contributed by atoms with Crippen LogP contribution in [0.2, 0.25) is 0 Å². The third-order valence-electron chi connectivity index (χ3n) is 3.80. The van der Waals surface area contributed by atoms with E-state index >= 15 is 0 Å². The first-order valence-electron chi connectivity index (χ1n) is 8.15. The number of halogens is 1. The van der Waals surface area contributed by atoms with Crippen molar-refractivity contribution >= 4 is 33.4 Å². The SMILES string of the molecule is O=C(COc1cccc(NC(=O)C2CC2)c1)NCc1cccc(Br)c1. The van der Waals surface area contributed by atoms with Crippen LogP contribution >= 0.6 is 15.9 Å². The Bertz CT molecular complexity index is 775. The van der Waals surface area contributed by atoms with Crippen LogP contribution in [0.4, 0.5) is 5.69 Å². The van der Waals surface area contributed by atoms with Crippen LogP contribution in [-0.4, -0.2) is 18.4 Å². The van der Waals surface area contributed by atoms with E-state index in [1.54, 1.807) is 24.3 Å². The molecule has 25 heavy (non-hydrogen) atoms. The van der Waals surface area contributed by atoms with Crippen LogP contribution in [0, 0.1) is 5.92 Å². The lowest BCUT2D eigenvalue weighted by atomic mass is 10.2. The first kappa shape index (κ1) is 17.5. The predicted octanol–water partition coefficient (Wildman–Crippen LogP) is 3.49. The van der Waals surface area contributed by atoms with Crippen molar-refractivity contribution < 1.29 is 14.3 Å². The summed E-state index contributed by atoms with van der Waals surface area (Å²) in [6, 6.07) is 14.8. The Labute approximate surface area is 154 Å². The van der Waals surface area contributed by atoms with Crippen molar-refractivity contribution in [2.24, 2.45) is 5.92 Å². The highest BCUT2D eigenvalue weighted by Gasteiger charge is 2.29. The molecule has 1 aliphatic carbocycles. The maximum Gasteiger partial charge on any atom is 0.258 e. The molecular formula is C19H19BrN2O3. The molecule has 2 aromatic carbocycles. The van der Waals surface area contributed by atoms with Crippen LogP contribution in [0.3, 0.4) is 0 Å². The highest BCUT2D eigenvalue weighted by Crippen LogP contribution is 2.30. The van der Waals surface area contributed by atoms with Crippen LogP contribution < -0.4 is 15.4 Å². The van der Waals surface area contributed by atoms with Gasteiger partial charge in [-0.15, -0.1) is 0 Å². The molecular weight excluding hydrogens is 384 g/mol. The topological polar surface area (TPSA) is 67.4 Å². The van der Waals surface area contributed by atoms with E-state index in [0.717, 1.165) is 22.9 Å². The van der Waals surface area contributed by atoms with Gasteiger partial charge in [0.15, 0.2) is 6.61 Å². The van der Waals surface area contributed by atoms with Crippen molar-refractivity contribution in [3.63, 3.8) is 0 Å². The Hall–Kier alpha value is -2.34. The van der Waals surface area contributed by atoms with E-state index < -0.39 is 0 Å². The quantitative estimate of drug-likeness (QED) is 0.744. The molecule has 2 aromatic rings. The fourth-order valence-electron chi connectivity index (χ4n) is 2.30. The van der Waals surface area contributed by atoms with Gasteiger partial charge in [-0.25, -0.2) is 0 Å². The molecule has 0 saturated heterocycles. The second kappa shape index (κ2) is 8.16. The minimum Gasteiger partial charge on any atom is -0.484 e. The van der Waals surface area contributed by atoms with Crippen molar-refractivity contribution in [3.8, 4) is 5.75 Å². The van der Waals surface area contributed by atoms with E-state index in [-0.39, 0.29) is 24.3 Å². The first-order valence-corrected chi connectivity index (χ1v) is 8.94. The van der Waals surface area contributed by atoms with Gasteiger partial charge >= 0.3 is 0 Å². The van der Waals surface area contributed by atoms with E-state index in [1.807, 2.05) is 24.3 Å². The molecule has 0 unspecified atom stereocenters. The molecule has 0 aliphatic heterocycles. The zero-order valence-corrected chi connectivity index (χ0v) is 15.2. The Balaban J connectivity index is 1.45. The Morgan fingerprint density at radius 1 is 1.12 bits per heavy atom. The summed E-state index contributed by atoms with van der Waals surface area (Å²) in [4.78, 5) is 23.7. The first-order chi connectivity index (χ1) is 12.1. The minimum absolute atomic E-state index is 0.0453. The smallest absolute Gasteiger partial charge is 0.258 e. The molecule has 3 rings (SSSR count). The largest absolute Gasteiger partial charge is 0.484 e. The molecule has 6 heteroatoms. The zero-order chi connectivity index (χ0) is 17.6. The van der Waals surface area contributed by atoms with Gasteiger partial charge in [0.05, 0.1) is 0 Å². The molecule has 130 valence electrons. The van der Waals surface area contributed by atoms with Gasteiger partial charge in [0, 0.05) is 28.7 Å². The van der Waals surface area contributed by atoms with Gasteiger partial charge in [0.25, 0.3) is 5.91 Å². The number of rotatable bonds is 7. The summed E-state index contributed by atoms with van der Waals surface area (Å²) in [5, 5.41) is 5.67. The normalized spacial score (nSPS) is 13.2. The Kier molecular flexibility index (Phi) is 5.71. The van der Waals surface area contributed by atoms with Crippen LogP contribution in [0.25, 0.3) is 0 Å². The van der Waals surface area contributed by atoms with Crippen molar-refractivity contribution in [1.82, 2.24) is 5.32 Å². The van der Waals surface area contributed by atoms with Gasteiger partial charge in [-0.3, -0.25) is 9.59 Å². The van der Waals surface area contributed by atoms with Crippen molar-refractivity contribution in [2.45, 2.75) is 19.4 Å². The number of nitrogens with one attached hydrogen (secondary N) is 2. The summed E-state index contributed by atoms with van der Waals surface area (Å²) in [6.45, 7) is 0.368. The summed E-state index contributed by atoms with van der Waals surface area (Å²) in [5.41, 5.74) is 1.69. The lowest BCUT2D eigenvalue weighted by Gasteiger charge is -2.10. The number of carbonyl (C=O) groups is 2. The molecule has 0 aromatic heterocycles. The molecule has 5 nitrogen and oxygen atoms in total. The predicted molar refractivity (Wildman–Crippen MR) is 99.3 cm³/mol. The number of anilines is 1. The number of benzene rings is 2. The molecule has 2 amide bonds. The molecule has 0 spiro atoms. The molecule has 0 heterocycles. The number of amides is 2. The van der Waals surface area contributed by atoms with E-state index in [0.29, 0.717) is 18.0 Å². The molecule has 1 aliphatic rings. The number of ether oxygens (including phenoxy) is 1. The standard InChI is InChI=1S/C19H19BrN2O3/c20-15-4-1-3-13(9-15)11-21-18(23)12-25-17-6-2-5-16(10-17)22-19(24)14-7-8-14/h1-6,9-10,14H,7-8,11-12H2,(H,21,23)(H,22,24). The number of hydrogen-bond donors (Lipinski definition) is 2. The highest BCUT2D eigenvalue weighted by atomic mass is 79.9. The third-order valence-corrected chi connectivity index (χ3v) is 4.29. The minimum atomic E-state index is -0.201. The molecule has 1 fully saturated rings. The van der Waals surface area contributed by atoms with Gasteiger partial charge in [-0.05, 0) is 42.7 Å². The third kappa shape index (κ3) is 5.60. The highest BCUT2D eigenvalue weighted by molar-refractivity contribution is 9.10. The average molecular weight is 403 g/mol. The van der Waals surface area contributed by atoms with Gasteiger partial charge in [0.1, 0.15) is 5.75 Å². The number of carbonyl (C=O) groups excluding carboxylic acids is 2. The van der Waals surface area contributed by atoms with Crippen molar-refractivity contribution in [1.29, 1.82) is 0 Å². The van der Waals surface area contributed by atoms with Crippen LogP contribution in [0.15, 0.2) is 53.0 Å². The van der Waals surface area contributed by atoms with Crippen molar-refractivity contribution in [2.75, 3.05) is 11.9 Å². The fraction of sp³-hybridized carbons (Fsp3) is 0.263. The summed E-state index contributed by atoms with van der Waals surface area (Å²) in [6.07, 6.45) is 1.92. The average Bonchev–Trinajstić information content (AvgIpc) is 3.44. The zero-order valence-electron chi connectivity index (χ0n) is 13.6. The van der Waals surface area contributed by atoms with Crippen LogP contribution in [0.1, 0.15) is 18.4 Å². The number of hydrogen-bond acceptors (Lipinski definition) is 3. The van der Waals surface area contributed by atoms with Crippen LogP contribution in [0.5, 0.6) is 5.75 Å². The van der Waals surface area contributed by atoms with Crippen molar-refractivity contribution in [3.05, 3.63) is 58.6 Å². The lowest BCUT2D eigenvalue weighted by Crippen LogP contribution is -2.28. The second-order valence-corrected chi connectivity index (χ2v) is 6.90. The molecule has 0 atom stereocenters. The maximum absolute atomic E-state index is 11.9. The van der Waals surface area contributed by atoms with E-state index in [2.05, 4.69) is 26.6 Å².